The number of hydrogen-bond acceptors (Lipinski definition) is 7. The fraction of sp³-hybridized carbons (Fsp3) is 0.0714. The summed E-state index contributed by atoms with van der Waals surface area (Å²) in [6, 6.07) is 26.9. The second kappa shape index (κ2) is 12.9. The molecule has 0 radical (unpaired) electrons. The summed E-state index contributed by atoms with van der Waals surface area (Å²) in [6.45, 7) is -0.375. The summed E-state index contributed by atoms with van der Waals surface area (Å²) in [5, 5.41) is 16.1. The Hall–Kier alpha value is -4.74. The van der Waals surface area contributed by atoms with Gasteiger partial charge in [-0.1, -0.05) is 54.1 Å². The van der Waals surface area contributed by atoms with Gasteiger partial charge in [-0.05, 0) is 65.7 Å². The molecule has 204 valence electrons. The van der Waals surface area contributed by atoms with Gasteiger partial charge < -0.3 is 4.74 Å². The van der Waals surface area contributed by atoms with Crippen LogP contribution in [0.2, 0.25) is 5.02 Å². The monoisotopic (exact) mass is 578 g/mol. The lowest BCUT2D eigenvalue weighted by atomic mass is 10.2. The van der Waals surface area contributed by atoms with E-state index in [9.17, 15) is 23.3 Å². The highest BCUT2D eigenvalue weighted by atomic mass is 35.5. The lowest BCUT2D eigenvalue weighted by Gasteiger charge is -2.23. The highest BCUT2D eigenvalue weighted by Crippen LogP contribution is 2.32. The highest BCUT2D eigenvalue weighted by Gasteiger charge is 2.31. The van der Waals surface area contributed by atoms with Crippen LogP contribution < -0.4 is 14.5 Å². The predicted molar refractivity (Wildman–Crippen MR) is 152 cm³/mol. The van der Waals surface area contributed by atoms with Crippen LogP contribution in [0.25, 0.3) is 0 Å². The number of carbonyl (C=O) groups excluding carboxylic acids is 1. The molecule has 12 heteroatoms. The molecule has 4 aromatic rings. The van der Waals surface area contributed by atoms with E-state index in [1.165, 1.54) is 54.7 Å². The zero-order chi connectivity index (χ0) is 28.5. The van der Waals surface area contributed by atoms with Crippen molar-refractivity contribution in [3.8, 4) is 5.75 Å². The van der Waals surface area contributed by atoms with Crippen molar-refractivity contribution < 1.29 is 22.9 Å². The summed E-state index contributed by atoms with van der Waals surface area (Å²) in [4.78, 5) is 23.5. The number of hydrazone groups is 1. The number of para-hydroxylation sites is 2. The van der Waals surface area contributed by atoms with Crippen molar-refractivity contribution in [1.29, 1.82) is 0 Å². The fourth-order valence-corrected chi connectivity index (χ4v) is 5.17. The smallest absolute Gasteiger partial charge is 0.293 e. The molecule has 0 saturated carbocycles. The molecule has 0 unspecified atom stereocenters. The van der Waals surface area contributed by atoms with Crippen molar-refractivity contribution in [3.05, 3.63) is 129 Å². The summed E-state index contributed by atoms with van der Waals surface area (Å²) >= 11 is 5.89. The molecule has 1 N–H and O–H groups in total. The highest BCUT2D eigenvalue weighted by molar-refractivity contribution is 7.92. The number of ether oxygens (including phenoxy) is 1. The number of hydrogen-bond donors (Lipinski definition) is 1. The van der Waals surface area contributed by atoms with Gasteiger partial charge in [0.1, 0.15) is 24.6 Å². The number of sulfonamides is 1. The lowest BCUT2D eigenvalue weighted by molar-refractivity contribution is -0.384. The zero-order valence-corrected chi connectivity index (χ0v) is 22.5. The number of benzene rings is 4. The van der Waals surface area contributed by atoms with E-state index in [2.05, 4.69) is 10.5 Å². The first kappa shape index (κ1) is 28.3. The average Bonchev–Trinajstić information content (AvgIpc) is 2.96. The predicted octanol–water partition coefficient (Wildman–Crippen LogP) is 5.17. The number of carbonyl (C=O) groups is 1. The van der Waals surface area contributed by atoms with Crippen molar-refractivity contribution in [3.63, 3.8) is 0 Å². The van der Waals surface area contributed by atoms with Crippen molar-refractivity contribution in [2.45, 2.75) is 11.5 Å². The van der Waals surface area contributed by atoms with Gasteiger partial charge in [-0.2, -0.15) is 5.10 Å². The van der Waals surface area contributed by atoms with Crippen LogP contribution in [0.15, 0.2) is 113 Å². The molecule has 0 aliphatic rings. The third-order valence-electron chi connectivity index (χ3n) is 5.57. The molecular weight excluding hydrogens is 556 g/mol. The van der Waals surface area contributed by atoms with Gasteiger partial charge in [0, 0.05) is 11.1 Å². The lowest BCUT2D eigenvalue weighted by Crippen LogP contribution is -2.39. The average molecular weight is 579 g/mol. The summed E-state index contributed by atoms with van der Waals surface area (Å²) in [7, 11) is -4.32. The zero-order valence-electron chi connectivity index (χ0n) is 20.9. The minimum atomic E-state index is -4.32. The number of amides is 1. The van der Waals surface area contributed by atoms with Gasteiger partial charge >= 0.3 is 0 Å². The summed E-state index contributed by atoms with van der Waals surface area (Å²) < 4.78 is 33.2. The van der Waals surface area contributed by atoms with Crippen LogP contribution in [0.4, 0.5) is 11.4 Å². The number of nitro benzene ring substituents is 1. The van der Waals surface area contributed by atoms with Crippen LogP contribution in [0, 0.1) is 10.1 Å². The number of rotatable bonds is 11. The van der Waals surface area contributed by atoms with Gasteiger partial charge in [-0.25, -0.2) is 18.1 Å². The molecule has 0 bridgehead atoms. The van der Waals surface area contributed by atoms with Crippen LogP contribution in [0.5, 0.6) is 5.75 Å². The number of nitrogens with one attached hydrogen (secondary N) is 1. The van der Waals surface area contributed by atoms with Gasteiger partial charge in [0.15, 0.2) is 0 Å². The Bertz CT molecular complexity index is 1610. The van der Waals surface area contributed by atoms with E-state index in [1.807, 2.05) is 12.1 Å². The molecule has 0 fully saturated rings. The minimum absolute atomic E-state index is 0.122. The van der Waals surface area contributed by atoms with Gasteiger partial charge in [0.2, 0.25) is 0 Å². The largest absolute Gasteiger partial charge is 0.489 e. The van der Waals surface area contributed by atoms with Crippen LogP contribution in [0.3, 0.4) is 0 Å². The number of nitro groups is 1. The molecule has 4 rings (SSSR count). The van der Waals surface area contributed by atoms with E-state index >= 15 is 0 Å². The van der Waals surface area contributed by atoms with Gasteiger partial charge in [0.25, 0.3) is 21.6 Å². The molecule has 4 aromatic carbocycles. The van der Waals surface area contributed by atoms with E-state index in [1.54, 1.807) is 42.5 Å². The van der Waals surface area contributed by atoms with Crippen LogP contribution in [0.1, 0.15) is 11.1 Å². The van der Waals surface area contributed by atoms with Crippen molar-refractivity contribution in [2.24, 2.45) is 5.10 Å². The van der Waals surface area contributed by atoms with E-state index in [4.69, 9.17) is 16.3 Å². The van der Waals surface area contributed by atoms with Crippen LogP contribution >= 0.6 is 11.6 Å². The van der Waals surface area contributed by atoms with E-state index in [-0.39, 0.29) is 10.6 Å². The van der Waals surface area contributed by atoms with Crippen molar-refractivity contribution in [2.75, 3.05) is 10.8 Å². The molecular formula is C28H23ClN4O6S. The Morgan fingerprint density at radius 1 is 0.950 bits per heavy atom. The molecule has 10 nitrogen and oxygen atoms in total. The van der Waals surface area contributed by atoms with E-state index < -0.39 is 33.1 Å². The van der Waals surface area contributed by atoms with Crippen molar-refractivity contribution in [1.82, 2.24) is 5.43 Å². The molecule has 0 spiro atoms. The quantitative estimate of drug-likeness (QED) is 0.148. The van der Waals surface area contributed by atoms with Crippen LogP contribution in [-0.4, -0.2) is 32.0 Å². The van der Waals surface area contributed by atoms with Gasteiger partial charge in [-0.15, -0.1) is 0 Å². The molecule has 0 aliphatic carbocycles. The molecule has 0 heterocycles. The maximum atomic E-state index is 13.4. The second-order valence-corrected chi connectivity index (χ2v) is 10.6. The summed E-state index contributed by atoms with van der Waals surface area (Å²) in [5.74, 6) is -0.167. The normalized spacial score (nSPS) is 11.2. The standard InChI is InChI=1S/C28H23ClN4O6S/c29-23-14-10-22(11-15-23)20-39-24-16-12-21(13-17-24)18-30-31-28(34)19-32(26-8-4-5-9-27(26)33(35)36)40(37,38)25-6-2-1-3-7-25/h1-18H,19-20H2,(H,31,34)/b30-18-. The SMILES string of the molecule is O=C(CN(c1ccccc1[N+](=O)[O-])S(=O)(=O)c1ccccc1)N/N=C\c1ccc(OCc2ccc(Cl)cc2)cc1. The molecule has 0 saturated heterocycles. The third kappa shape index (κ3) is 7.22. The fourth-order valence-electron chi connectivity index (χ4n) is 3.59. The molecule has 0 aliphatic heterocycles. The Morgan fingerprint density at radius 3 is 2.27 bits per heavy atom. The molecule has 40 heavy (non-hydrogen) atoms. The number of anilines is 1. The first-order valence-electron chi connectivity index (χ1n) is 11.8. The number of halogens is 1. The topological polar surface area (TPSA) is 131 Å². The third-order valence-corrected chi connectivity index (χ3v) is 7.59. The first-order valence-corrected chi connectivity index (χ1v) is 13.7. The van der Waals surface area contributed by atoms with Gasteiger partial charge in [-0.3, -0.25) is 14.9 Å². The summed E-state index contributed by atoms with van der Waals surface area (Å²) in [5.41, 5.74) is 3.18. The Morgan fingerprint density at radius 2 is 1.60 bits per heavy atom. The molecule has 0 aromatic heterocycles. The Kier molecular flexibility index (Phi) is 9.10. The maximum absolute atomic E-state index is 13.4. The van der Waals surface area contributed by atoms with E-state index in [0.717, 1.165) is 5.56 Å². The Balaban J connectivity index is 1.44. The second-order valence-electron chi connectivity index (χ2n) is 8.35. The maximum Gasteiger partial charge on any atom is 0.293 e. The first-order chi connectivity index (χ1) is 19.2. The molecule has 1 amide bonds. The Labute approximate surface area is 235 Å². The van der Waals surface area contributed by atoms with Gasteiger partial charge in [0.05, 0.1) is 16.0 Å². The number of nitrogens with zero attached hydrogens (tertiary/aromatic N) is 3. The minimum Gasteiger partial charge on any atom is -0.489 e. The van der Waals surface area contributed by atoms with Crippen molar-refractivity contribution >= 4 is 45.1 Å². The summed E-state index contributed by atoms with van der Waals surface area (Å²) in [6.07, 6.45) is 1.38. The van der Waals surface area contributed by atoms with Crippen LogP contribution in [-0.2, 0) is 21.4 Å². The molecule has 0 atom stereocenters. The van der Waals surface area contributed by atoms with E-state index in [0.29, 0.717) is 27.2 Å².